The molecule has 0 unspecified atom stereocenters. The van der Waals surface area contributed by atoms with Gasteiger partial charge in [-0.05, 0) is 39.5 Å². The normalized spacial score (nSPS) is 11.8. The van der Waals surface area contributed by atoms with Crippen molar-refractivity contribution in [3.8, 4) is 33.4 Å². The van der Waals surface area contributed by atoms with Crippen molar-refractivity contribution in [2.75, 3.05) is 0 Å². The van der Waals surface area contributed by atoms with Crippen molar-refractivity contribution in [1.29, 1.82) is 0 Å². The summed E-state index contributed by atoms with van der Waals surface area (Å²) in [5.74, 6) is 0. The van der Waals surface area contributed by atoms with Gasteiger partial charge in [-0.3, -0.25) is 6.08 Å². The standard InChI is InChI=1S/C33H33.C10H7.C7H5Cl.C5H5.2ClH.Zr/c1-32(2,3)30-20-26-24(18-28(30)22-13-9-7-10-14-22)17-25-19-29(23-15-11-8-12-16-23)31(21-27(25)26)33(4,5)6;1-2-6-10-8-4-3-7-9(10)5-1;1-6-3-2-4-7(8)5-6;1-2-4-5-3-1;;;/h7-16,18,20-21H,17H2,1-6H3;1-7H;1-5H;1-3H,4H2;2*1H;/q2*-1;;-1;;;. The molecule has 0 atom stereocenters. The van der Waals surface area contributed by atoms with Crippen LogP contribution in [0.15, 0.2) is 164 Å². The van der Waals surface area contributed by atoms with Crippen LogP contribution in [-0.4, -0.2) is 3.71 Å². The summed E-state index contributed by atoms with van der Waals surface area (Å²) in [5.41, 5.74) is 14.7. The zero-order valence-electron chi connectivity index (χ0n) is 34.8. The largest absolute Gasteiger partial charge is 0.273 e. The van der Waals surface area contributed by atoms with E-state index in [1.54, 1.807) is 0 Å². The Kier molecular flexibility index (Phi) is 17.7. The summed E-state index contributed by atoms with van der Waals surface area (Å²) < 4.78 is 2.11. The molecule has 0 spiro atoms. The minimum absolute atomic E-state index is 0. The molecular formula is C55H52Cl3Zr-3. The first-order valence-electron chi connectivity index (χ1n) is 19.6. The van der Waals surface area contributed by atoms with Crippen LogP contribution in [0.1, 0.15) is 75.8 Å². The molecular weight excluding hydrogens is 858 g/mol. The summed E-state index contributed by atoms with van der Waals surface area (Å²) in [7, 11) is 0. The first-order chi connectivity index (χ1) is 27.4. The molecule has 0 saturated carbocycles. The minimum atomic E-state index is 0. The molecule has 0 nitrogen and oxygen atoms in total. The Labute approximate surface area is 385 Å². The van der Waals surface area contributed by atoms with Gasteiger partial charge in [0.05, 0.1) is 0 Å². The van der Waals surface area contributed by atoms with Crippen LogP contribution in [-0.2, 0) is 41.5 Å². The molecule has 59 heavy (non-hydrogen) atoms. The summed E-state index contributed by atoms with van der Waals surface area (Å²) in [6, 6.07) is 58.1. The molecule has 9 rings (SSSR count). The van der Waals surface area contributed by atoms with E-state index in [9.17, 15) is 0 Å². The zero-order chi connectivity index (χ0) is 40.4. The number of halogens is 3. The van der Waals surface area contributed by atoms with E-state index in [1.165, 1.54) is 96.2 Å². The van der Waals surface area contributed by atoms with Crippen LogP contribution < -0.4 is 0 Å². The number of rotatable bonds is 3. The van der Waals surface area contributed by atoms with Crippen LogP contribution >= 0.6 is 36.4 Å². The van der Waals surface area contributed by atoms with Gasteiger partial charge < -0.3 is 0 Å². The van der Waals surface area contributed by atoms with Crippen LogP contribution in [0.5, 0.6) is 0 Å². The van der Waals surface area contributed by atoms with Gasteiger partial charge in [0.1, 0.15) is 0 Å². The van der Waals surface area contributed by atoms with E-state index in [-0.39, 0.29) is 35.6 Å². The molecule has 0 aliphatic heterocycles. The zero-order valence-corrected chi connectivity index (χ0v) is 39.6. The molecule has 2 aliphatic rings. The third-order valence-electron chi connectivity index (χ3n) is 10.00. The summed E-state index contributed by atoms with van der Waals surface area (Å²) >= 11 is 7.12. The predicted octanol–water partition coefficient (Wildman–Crippen LogP) is 15.8. The van der Waals surface area contributed by atoms with Gasteiger partial charge in [-0.25, -0.2) is 12.2 Å². The van der Waals surface area contributed by atoms with E-state index in [4.69, 9.17) is 11.6 Å². The number of allylic oxidation sites excluding steroid dienone is 4. The van der Waals surface area contributed by atoms with Gasteiger partial charge in [-0.1, -0.05) is 143 Å². The average Bonchev–Trinajstić information content (AvgIpc) is 3.93. The number of hydrogen-bond donors (Lipinski definition) is 0. The monoisotopic (exact) mass is 907 g/mol. The van der Waals surface area contributed by atoms with E-state index in [2.05, 4.69) is 167 Å². The molecule has 4 heteroatoms. The van der Waals surface area contributed by atoms with Gasteiger partial charge in [-0.2, -0.15) is 6.08 Å². The van der Waals surface area contributed by atoms with Crippen molar-refractivity contribution < 1.29 is 24.2 Å². The molecule has 0 amide bonds. The van der Waals surface area contributed by atoms with Crippen LogP contribution in [0.4, 0.5) is 0 Å². The molecule has 0 aromatic heterocycles. The molecule has 0 radical (unpaired) electrons. The Morgan fingerprint density at radius 3 is 1.81 bits per heavy atom. The molecule has 7 aromatic rings. The second-order valence-electron chi connectivity index (χ2n) is 16.4. The Morgan fingerprint density at radius 1 is 0.627 bits per heavy atom. The summed E-state index contributed by atoms with van der Waals surface area (Å²) in [6.07, 6.45) is 10.9. The van der Waals surface area contributed by atoms with E-state index >= 15 is 0 Å². The molecule has 0 bridgehead atoms. The van der Waals surface area contributed by atoms with Crippen molar-refractivity contribution >= 4 is 50.9 Å². The molecule has 2 aliphatic carbocycles. The van der Waals surface area contributed by atoms with E-state index in [0.29, 0.717) is 0 Å². The van der Waals surface area contributed by atoms with Crippen molar-refractivity contribution in [3.63, 3.8) is 0 Å². The minimum Gasteiger partial charge on any atom is -0.273 e. The SMILES string of the molecule is CC(C)(C)c1cc2c([c-]c1-c1ccccc1)Cc1cc(-c3ccccc3)c(C(C)(C)C)cc1-2.Cl.Cl.Clc1cccc([CH]=[Zr])c1.[C-]1=CC=CC1.[c-]1cccc2ccccc12. The first kappa shape index (κ1) is 47.6. The Hall–Kier alpha value is -4.10. The Bertz CT molecular complexity index is 2320. The fraction of sp³-hybridized carbons (Fsp3) is 0.182. The van der Waals surface area contributed by atoms with E-state index in [0.717, 1.165) is 17.9 Å². The number of fused-ring (bicyclic) bond motifs is 4. The van der Waals surface area contributed by atoms with Crippen molar-refractivity contribution in [1.82, 2.24) is 0 Å². The third-order valence-corrected chi connectivity index (χ3v) is 11.1. The predicted molar refractivity (Wildman–Crippen MR) is 257 cm³/mol. The van der Waals surface area contributed by atoms with Gasteiger partial charge in [0, 0.05) is 0 Å². The molecule has 0 fully saturated rings. The summed E-state index contributed by atoms with van der Waals surface area (Å²) in [6.45, 7) is 13.9. The smallest absolute Gasteiger partial charge is 0.0801 e. The molecule has 0 saturated heterocycles. The van der Waals surface area contributed by atoms with Crippen LogP contribution in [0.25, 0.3) is 44.2 Å². The summed E-state index contributed by atoms with van der Waals surface area (Å²) in [4.78, 5) is 0. The topological polar surface area (TPSA) is 0 Å². The Morgan fingerprint density at radius 2 is 1.25 bits per heavy atom. The van der Waals surface area contributed by atoms with Crippen molar-refractivity contribution in [2.45, 2.75) is 65.2 Å². The fourth-order valence-electron chi connectivity index (χ4n) is 7.10. The molecule has 7 aromatic carbocycles. The van der Waals surface area contributed by atoms with E-state index < -0.39 is 0 Å². The molecule has 0 N–H and O–H groups in total. The van der Waals surface area contributed by atoms with Gasteiger partial charge in [0.15, 0.2) is 0 Å². The maximum absolute atomic E-state index is 5.71. The maximum Gasteiger partial charge on any atom is -0.0801 e. The van der Waals surface area contributed by atoms with Crippen molar-refractivity contribution in [3.05, 3.63) is 215 Å². The molecule has 300 valence electrons. The van der Waals surface area contributed by atoms with Crippen LogP contribution in [0, 0.1) is 18.2 Å². The van der Waals surface area contributed by atoms with Crippen molar-refractivity contribution in [2.24, 2.45) is 0 Å². The second kappa shape index (κ2) is 22.0. The van der Waals surface area contributed by atoms with Gasteiger partial charge in [0.2, 0.25) is 0 Å². The maximum atomic E-state index is 5.71. The number of hydrogen-bond acceptors (Lipinski definition) is 0. The van der Waals surface area contributed by atoms with Gasteiger partial charge >= 0.3 is 74.4 Å². The Balaban J connectivity index is 0.000000238. The van der Waals surface area contributed by atoms with Crippen LogP contribution in [0.3, 0.4) is 0 Å². The first-order valence-corrected chi connectivity index (χ1v) is 21.4. The molecule has 0 heterocycles. The van der Waals surface area contributed by atoms with Crippen LogP contribution in [0.2, 0.25) is 5.02 Å². The average molecular weight is 911 g/mol. The second-order valence-corrected chi connectivity index (χ2v) is 17.5. The quantitative estimate of drug-likeness (QED) is 0.155. The van der Waals surface area contributed by atoms with Gasteiger partial charge in [0.25, 0.3) is 0 Å². The van der Waals surface area contributed by atoms with Gasteiger partial charge in [-0.15, -0.1) is 107 Å². The van der Waals surface area contributed by atoms with E-state index in [1.807, 2.05) is 60.7 Å². The fourth-order valence-corrected chi connectivity index (χ4v) is 7.74. The summed E-state index contributed by atoms with van der Waals surface area (Å²) in [5, 5.41) is 3.25. The third kappa shape index (κ3) is 12.7. The number of benzene rings is 7.